The molecule has 3 amide bonds. The minimum Gasteiger partial charge on any atom is -0.481 e. The number of carbonyl (C=O) groups excluding carboxylic acids is 3. The maximum Gasteiger partial charge on any atom is 0.327 e. The fourth-order valence-electron chi connectivity index (χ4n) is 1.70. The van der Waals surface area contributed by atoms with Gasteiger partial charge >= 0.3 is 11.9 Å². The second-order valence-corrected chi connectivity index (χ2v) is 5.55. The van der Waals surface area contributed by atoms with Crippen molar-refractivity contribution in [2.24, 2.45) is 11.5 Å². The van der Waals surface area contributed by atoms with Crippen molar-refractivity contribution < 1.29 is 34.2 Å². The summed E-state index contributed by atoms with van der Waals surface area (Å²) in [7, 11) is 0. The number of hydrogen-bond acceptors (Lipinski definition) is 7. The number of nitrogens with two attached hydrogens (primary N) is 2. The molecule has 0 spiro atoms. The summed E-state index contributed by atoms with van der Waals surface area (Å²) in [6, 6.07) is -3.72. The average Bonchev–Trinajstić information content (AvgIpc) is 2.52. The number of hydrogen-bond donors (Lipinski definition) is 7. The van der Waals surface area contributed by atoms with Gasteiger partial charge in [0.1, 0.15) is 12.1 Å². The lowest BCUT2D eigenvalue weighted by Crippen LogP contribution is -2.55. The second-order valence-electron chi connectivity index (χ2n) is 5.19. The second kappa shape index (κ2) is 11.3. The van der Waals surface area contributed by atoms with Gasteiger partial charge in [-0.15, -0.1) is 0 Å². The first-order chi connectivity index (χ1) is 11.6. The average molecular weight is 378 g/mol. The normalized spacial score (nSPS) is 14.0. The molecule has 12 heteroatoms. The molecule has 8 N–H and O–H groups in total. The monoisotopic (exact) mass is 378 g/mol. The van der Waals surface area contributed by atoms with Crippen molar-refractivity contribution in [3.05, 3.63) is 0 Å². The topological polar surface area (TPSA) is 202 Å². The van der Waals surface area contributed by atoms with Crippen LogP contribution in [0.3, 0.4) is 0 Å². The Balaban J connectivity index is 4.93. The molecule has 0 aromatic carbocycles. The summed E-state index contributed by atoms with van der Waals surface area (Å²) in [5.41, 5.74) is 10.5. The molecule has 3 unspecified atom stereocenters. The molecule has 0 aliphatic carbocycles. The molecule has 0 aromatic rings. The van der Waals surface area contributed by atoms with Crippen LogP contribution in [-0.4, -0.2) is 63.8 Å². The van der Waals surface area contributed by atoms with Crippen LogP contribution in [0.5, 0.6) is 0 Å². The summed E-state index contributed by atoms with van der Waals surface area (Å²) in [5, 5.41) is 21.9. The highest BCUT2D eigenvalue weighted by Crippen LogP contribution is 2.02. The first kappa shape index (κ1) is 22.7. The molecule has 0 fully saturated rings. The van der Waals surface area contributed by atoms with Gasteiger partial charge in [0.15, 0.2) is 0 Å². The quantitative estimate of drug-likeness (QED) is 0.179. The molecule has 0 bridgehead atoms. The first-order valence-corrected chi connectivity index (χ1v) is 7.91. The number of carboxylic acid groups (broad SMARTS) is 2. The molecule has 0 aliphatic rings. The highest BCUT2D eigenvalue weighted by molar-refractivity contribution is 7.80. The molecular formula is C13H22N4O7S. The molecular weight excluding hydrogens is 356 g/mol. The van der Waals surface area contributed by atoms with Gasteiger partial charge < -0.3 is 32.3 Å². The maximum absolute atomic E-state index is 12.1. The fourth-order valence-corrected chi connectivity index (χ4v) is 1.95. The van der Waals surface area contributed by atoms with Gasteiger partial charge in [-0.05, 0) is 12.8 Å². The van der Waals surface area contributed by atoms with E-state index < -0.39 is 47.8 Å². The van der Waals surface area contributed by atoms with Crippen molar-refractivity contribution in [3.8, 4) is 0 Å². The third-order valence-electron chi connectivity index (χ3n) is 3.12. The minimum absolute atomic E-state index is 0.153. The maximum atomic E-state index is 12.1. The van der Waals surface area contributed by atoms with Gasteiger partial charge in [0.05, 0.1) is 6.04 Å². The number of carbonyl (C=O) groups is 5. The van der Waals surface area contributed by atoms with Gasteiger partial charge in [-0.2, -0.15) is 12.6 Å². The molecule has 0 heterocycles. The van der Waals surface area contributed by atoms with E-state index in [4.69, 9.17) is 21.7 Å². The largest absolute Gasteiger partial charge is 0.481 e. The minimum atomic E-state index is -1.32. The number of rotatable bonds is 12. The van der Waals surface area contributed by atoms with Crippen LogP contribution in [0, 0.1) is 0 Å². The third-order valence-corrected chi connectivity index (χ3v) is 3.48. The van der Waals surface area contributed by atoms with Gasteiger partial charge in [-0.25, -0.2) is 4.79 Å². The fraction of sp³-hybridized carbons (Fsp3) is 0.615. The van der Waals surface area contributed by atoms with E-state index >= 15 is 0 Å². The van der Waals surface area contributed by atoms with E-state index in [0.29, 0.717) is 0 Å². The Morgan fingerprint density at radius 1 is 0.920 bits per heavy atom. The zero-order valence-corrected chi connectivity index (χ0v) is 14.2. The molecule has 0 aromatic heterocycles. The van der Waals surface area contributed by atoms with Gasteiger partial charge in [-0.3, -0.25) is 19.2 Å². The van der Waals surface area contributed by atoms with Crippen LogP contribution >= 0.6 is 12.6 Å². The van der Waals surface area contributed by atoms with Crippen molar-refractivity contribution in [1.82, 2.24) is 10.6 Å². The molecule has 0 saturated carbocycles. The van der Waals surface area contributed by atoms with E-state index in [2.05, 4.69) is 23.3 Å². The Morgan fingerprint density at radius 3 is 1.92 bits per heavy atom. The molecule has 142 valence electrons. The number of nitrogens with one attached hydrogen (secondary N) is 2. The van der Waals surface area contributed by atoms with Crippen molar-refractivity contribution in [2.45, 2.75) is 43.8 Å². The molecule has 3 atom stereocenters. The van der Waals surface area contributed by atoms with Gasteiger partial charge in [0, 0.05) is 18.6 Å². The first-order valence-electron chi connectivity index (χ1n) is 7.28. The summed E-state index contributed by atoms with van der Waals surface area (Å²) in [6.07, 6.45) is -0.897. The van der Waals surface area contributed by atoms with Crippen molar-refractivity contribution in [2.75, 3.05) is 5.75 Å². The highest BCUT2D eigenvalue weighted by Gasteiger charge is 2.27. The number of amides is 3. The Hall–Kier alpha value is -2.34. The lowest BCUT2D eigenvalue weighted by Gasteiger charge is -2.22. The van der Waals surface area contributed by atoms with Gasteiger partial charge in [-0.1, -0.05) is 0 Å². The van der Waals surface area contributed by atoms with Gasteiger partial charge in [0.25, 0.3) is 0 Å². The Labute approximate surface area is 148 Å². The summed E-state index contributed by atoms with van der Waals surface area (Å²) in [4.78, 5) is 56.4. The molecule has 11 nitrogen and oxygen atoms in total. The SMILES string of the molecule is NC(=O)CCC(NC(=O)C(N)CCC(=O)O)C(=O)NC(CS)C(=O)O. The summed E-state index contributed by atoms with van der Waals surface area (Å²) < 4.78 is 0. The predicted molar refractivity (Wildman–Crippen MR) is 88.6 cm³/mol. The number of thiol groups is 1. The van der Waals surface area contributed by atoms with Crippen LogP contribution in [0.1, 0.15) is 25.7 Å². The summed E-state index contributed by atoms with van der Waals surface area (Å²) in [5.74, 6) is -5.00. The van der Waals surface area contributed by atoms with Gasteiger partial charge in [0.2, 0.25) is 17.7 Å². The Bertz CT molecular complexity index is 529. The number of carboxylic acids is 2. The molecule has 0 rings (SSSR count). The lowest BCUT2D eigenvalue weighted by atomic mass is 10.1. The lowest BCUT2D eigenvalue weighted by molar-refractivity contribution is -0.141. The van der Waals surface area contributed by atoms with Crippen LogP contribution in [-0.2, 0) is 24.0 Å². The van der Waals surface area contributed by atoms with Crippen LogP contribution < -0.4 is 22.1 Å². The summed E-state index contributed by atoms with van der Waals surface area (Å²) >= 11 is 3.80. The van der Waals surface area contributed by atoms with Crippen molar-refractivity contribution in [1.29, 1.82) is 0 Å². The van der Waals surface area contributed by atoms with E-state index in [1.165, 1.54) is 0 Å². The molecule has 0 radical (unpaired) electrons. The van der Waals surface area contributed by atoms with Crippen LogP contribution in [0.4, 0.5) is 0 Å². The van der Waals surface area contributed by atoms with E-state index in [1.54, 1.807) is 0 Å². The zero-order chi connectivity index (χ0) is 19.6. The van der Waals surface area contributed by atoms with E-state index in [0.717, 1.165) is 0 Å². The predicted octanol–water partition coefficient (Wildman–Crippen LogP) is -2.57. The third kappa shape index (κ3) is 9.52. The van der Waals surface area contributed by atoms with E-state index in [9.17, 15) is 24.0 Å². The van der Waals surface area contributed by atoms with Crippen molar-refractivity contribution >= 4 is 42.3 Å². The molecule has 25 heavy (non-hydrogen) atoms. The standard InChI is InChI=1S/C13H22N4O7S/c14-6(1-4-10(19)20)11(21)16-7(2-3-9(15)18)12(22)17-8(5-25)13(23)24/h6-8,25H,1-5,14H2,(H2,15,18)(H,16,21)(H,17,22)(H,19,20)(H,23,24). The number of aliphatic carboxylic acids is 2. The smallest absolute Gasteiger partial charge is 0.327 e. The van der Waals surface area contributed by atoms with E-state index in [1.807, 2.05) is 0 Å². The molecule has 0 aliphatic heterocycles. The zero-order valence-electron chi connectivity index (χ0n) is 13.3. The molecule has 0 saturated heterocycles. The number of primary amides is 1. The Morgan fingerprint density at radius 2 is 1.48 bits per heavy atom. The van der Waals surface area contributed by atoms with Crippen LogP contribution in [0.2, 0.25) is 0 Å². The highest BCUT2D eigenvalue weighted by atomic mass is 32.1. The Kier molecular flexibility index (Phi) is 10.2. The summed E-state index contributed by atoms with van der Waals surface area (Å²) in [6.45, 7) is 0. The van der Waals surface area contributed by atoms with Crippen LogP contribution in [0.25, 0.3) is 0 Å². The van der Waals surface area contributed by atoms with Crippen molar-refractivity contribution in [3.63, 3.8) is 0 Å². The van der Waals surface area contributed by atoms with E-state index in [-0.39, 0.29) is 31.4 Å². The van der Waals surface area contributed by atoms with Crippen LogP contribution in [0.15, 0.2) is 0 Å².